The van der Waals surface area contributed by atoms with E-state index in [1.54, 1.807) is 12.4 Å². The minimum atomic E-state index is -0.207. The Morgan fingerprint density at radius 3 is 2.00 bits per heavy atom. The monoisotopic (exact) mass is 396 g/mol. The summed E-state index contributed by atoms with van der Waals surface area (Å²) in [6.07, 6.45) is 16.8. The zero-order valence-corrected chi connectivity index (χ0v) is 18.2. The van der Waals surface area contributed by atoms with Gasteiger partial charge >= 0.3 is 5.97 Å². The Morgan fingerprint density at radius 1 is 0.793 bits per heavy atom. The molecule has 0 spiro atoms. The molecule has 0 radical (unpaired) electrons. The number of aryl methyl sites for hydroxylation is 1. The van der Waals surface area contributed by atoms with Crippen LogP contribution in [0, 0.1) is 0 Å². The van der Waals surface area contributed by atoms with Crippen LogP contribution < -0.4 is 4.74 Å². The first-order valence-electron chi connectivity index (χ1n) is 11.3. The zero-order chi connectivity index (χ0) is 20.7. The average Bonchev–Trinajstić information content (AvgIpc) is 2.74. The molecule has 0 saturated carbocycles. The molecular formula is C25H36N2O2. The summed E-state index contributed by atoms with van der Waals surface area (Å²) in [5, 5.41) is 0. The van der Waals surface area contributed by atoms with Crippen LogP contribution >= 0.6 is 0 Å². The van der Waals surface area contributed by atoms with Gasteiger partial charge in [0.25, 0.3) is 0 Å². The number of hydrogen-bond acceptors (Lipinski definition) is 4. The fourth-order valence-electron chi connectivity index (χ4n) is 3.33. The Labute approximate surface area is 176 Å². The standard InChI is InChI=1S/C25H36N2O2/c1-3-5-7-9-11-13-21-15-17-22(18-16-21)25-26-19-23(20-27-25)29-24(28)14-12-10-8-6-4-2/h15-20H,3-14H2,1-2H3. The van der Waals surface area contributed by atoms with E-state index in [2.05, 4.69) is 48.1 Å². The van der Waals surface area contributed by atoms with Crippen LogP contribution in [0.2, 0.25) is 0 Å². The molecule has 0 N–H and O–H groups in total. The van der Waals surface area contributed by atoms with Gasteiger partial charge in [0.05, 0.1) is 12.4 Å². The number of aromatic nitrogens is 2. The van der Waals surface area contributed by atoms with Gasteiger partial charge in [-0.15, -0.1) is 0 Å². The summed E-state index contributed by atoms with van der Waals surface area (Å²) in [5.41, 5.74) is 2.34. The maximum absolute atomic E-state index is 11.9. The third-order valence-corrected chi connectivity index (χ3v) is 5.13. The second-order valence-corrected chi connectivity index (χ2v) is 7.74. The quantitative estimate of drug-likeness (QED) is 0.257. The number of nitrogens with zero attached hydrogens (tertiary/aromatic N) is 2. The van der Waals surface area contributed by atoms with Gasteiger partial charge in [-0.2, -0.15) is 0 Å². The maximum Gasteiger partial charge on any atom is 0.311 e. The molecule has 0 aliphatic rings. The molecular weight excluding hydrogens is 360 g/mol. The number of carbonyl (C=O) groups is 1. The number of hydrogen-bond donors (Lipinski definition) is 0. The Bertz CT molecular complexity index is 696. The van der Waals surface area contributed by atoms with Crippen molar-refractivity contribution in [2.45, 2.75) is 90.9 Å². The van der Waals surface area contributed by atoms with Gasteiger partial charge in [0.1, 0.15) is 0 Å². The van der Waals surface area contributed by atoms with Gasteiger partial charge < -0.3 is 4.74 Å². The Kier molecular flexibility index (Phi) is 11.0. The smallest absolute Gasteiger partial charge is 0.311 e. The molecule has 0 fully saturated rings. The molecule has 0 unspecified atom stereocenters. The van der Waals surface area contributed by atoms with Gasteiger partial charge in [-0.05, 0) is 24.8 Å². The predicted octanol–water partition coefficient (Wildman–Crippen LogP) is 6.92. The van der Waals surface area contributed by atoms with E-state index in [1.165, 1.54) is 56.9 Å². The largest absolute Gasteiger partial charge is 0.423 e. The molecule has 1 heterocycles. The summed E-state index contributed by atoms with van der Waals surface area (Å²) < 4.78 is 5.34. The van der Waals surface area contributed by atoms with Crippen molar-refractivity contribution in [1.82, 2.24) is 9.97 Å². The van der Waals surface area contributed by atoms with Gasteiger partial charge in [-0.1, -0.05) is 89.5 Å². The van der Waals surface area contributed by atoms with E-state index >= 15 is 0 Å². The van der Waals surface area contributed by atoms with Crippen LogP contribution in [0.4, 0.5) is 0 Å². The summed E-state index contributed by atoms with van der Waals surface area (Å²) in [6, 6.07) is 8.45. The van der Waals surface area contributed by atoms with Gasteiger partial charge in [0.2, 0.25) is 0 Å². The van der Waals surface area contributed by atoms with Crippen LogP contribution in [0.5, 0.6) is 5.75 Å². The van der Waals surface area contributed by atoms with Crippen LogP contribution in [0.25, 0.3) is 11.4 Å². The second-order valence-electron chi connectivity index (χ2n) is 7.74. The molecule has 0 amide bonds. The molecule has 0 saturated heterocycles. The molecule has 0 aliphatic heterocycles. The average molecular weight is 397 g/mol. The van der Waals surface area contributed by atoms with Crippen molar-refractivity contribution in [3.63, 3.8) is 0 Å². The van der Waals surface area contributed by atoms with Crippen LogP contribution in [0.3, 0.4) is 0 Å². The topological polar surface area (TPSA) is 52.1 Å². The van der Waals surface area contributed by atoms with Gasteiger partial charge in [-0.25, -0.2) is 9.97 Å². The van der Waals surface area contributed by atoms with Gasteiger partial charge in [-0.3, -0.25) is 4.79 Å². The highest BCUT2D eigenvalue weighted by molar-refractivity contribution is 5.72. The highest BCUT2D eigenvalue weighted by Gasteiger charge is 2.07. The third kappa shape index (κ3) is 9.21. The molecule has 0 aliphatic carbocycles. The first-order valence-corrected chi connectivity index (χ1v) is 11.3. The van der Waals surface area contributed by atoms with Crippen molar-refractivity contribution < 1.29 is 9.53 Å². The lowest BCUT2D eigenvalue weighted by Crippen LogP contribution is -2.08. The Balaban J connectivity index is 1.76. The minimum Gasteiger partial charge on any atom is -0.423 e. The zero-order valence-electron chi connectivity index (χ0n) is 18.2. The van der Waals surface area contributed by atoms with Gasteiger partial charge in [0, 0.05) is 12.0 Å². The molecule has 4 heteroatoms. The molecule has 158 valence electrons. The summed E-state index contributed by atoms with van der Waals surface area (Å²) >= 11 is 0. The molecule has 4 nitrogen and oxygen atoms in total. The van der Waals surface area contributed by atoms with E-state index < -0.39 is 0 Å². The van der Waals surface area contributed by atoms with Crippen LogP contribution in [0.1, 0.15) is 90.0 Å². The number of unbranched alkanes of at least 4 members (excludes halogenated alkanes) is 8. The fraction of sp³-hybridized carbons (Fsp3) is 0.560. The number of benzene rings is 1. The first-order chi connectivity index (χ1) is 14.2. The number of esters is 1. The third-order valence-electron chi connectivity index (χ3n) is 5.13. The molecule has 29 heavy (non-hydrogen) atoms. The van der Waals surface area contributed by atoms with Crippen molar-refractivity contribution in [1.29, 1.82) is 0 Å². The maximum atomic E-state index is 11.9. The van der Waals surface area contributed by atoms with E-state index in [0.717, 1.165) is 24.8 Å². The van der Waals surface area contributed by atoms with Crippen molar-refractivity contribution in [2.75, 3.05) is 0 Å². The Hall–Kier alpha value is -2.23. The van der Waals surface area contributed by atoms with Crippen LogP contribution in [0.15, 0.2) is 36.7 Å². The van der Waals surface area contributed by atoms with Crippen molar-refractivity contribution in [2.24, 2.45) is 0 Å². The lowest BCUT2D eigenvalue weighted by atomic mass is 10.0. The summed E-state index contributed by atoms with van der Waals surface area (Å²) in [6.45, 7) is 4.43. The molecule has 0 bridgehead atoms. The molecule has 2 rings (SSSR count). The predicted molar refractivity (Wildman–Crippen MR) is 119 cm³/mol. The molecule has 1 aromatic carbocycles. The molecule has 0 atom stereocenters. The number of rotatable bonds is 14. The normalized spacial score (nSPS) is 10.8. The van der Waals surface area contributed by atoms with Gasteiger partial charge in [0.15, 0.2) is 11.6 Å². The molecule has 2 aromatic rings. The summed E-state index contributed by atoms with van der Waals surface area (Å²) in [7, 11) is 0. The van der Waals surface area contributed by atoms with Crippen molar-refractivity contribution >= 4 is 5.97 Å². The number of ether oxygens (including phenoxy) is 1. The minimum absolute atomic E-state index is 0.207. The van der Waals surface area contributed by atoms with Crippen molar-refractivity contribution in [3.8, 4) is 17.1 Å². The lowest BCUT2D eigenvalue weighted by Gasteiger charge is -2.06. The summed E-state index contributed by atoms with van der Waals surface area (Å²) in [4.78, 5) is 20.6. The fourth-order valence-corrected chi connectivity index (χ4v) is 3.33. The van der Waals surface area contributed by atoms with Crippen molar-refractivity contribution in [3.05, 3.63) is 42.2 Å². The van der Waals surface area contributed by atoms with E-state index in [0.29, 0.717) is 18.0 Å². The second kappa shape index (κ2) is 13.9. The van der Waals surface area contributed by atoms with Crippen LogP contribution in [-0.4, -0.2) is 15.9 Å². The van der Waals surface area contributed by atoms with Crippen LogP contribution in [-0.2, 0) is 11.2 Å². The van der Waals surface area contributed by atoms with E-state index in [1.807, 2.05) is 0 Å². The van der Waals surface area contributed by atoms with E-state index in [4.69, 9.17) is 4.74 Å². The lowest BCUT2D eigenvalue weighted by molar-refractivity contribution is -0.134. The molecule has 1 aromatic heterocycles. The number of carbonyl (C=O) groups excluding carboxylic acids is 1. The highest BCUT2D eigenvalue weighted by atomic mass is 16.5. The summed E-state index contributed by atoms with van der Waals surface area (Å²) in [5.74, 6) is 0.857. The van der Waals surface area contributed by atoms with E-state index in [-0.39, 0.29) is 5.97 Å². The highest BCUT2D eigenvalue weighted by Crippen LogP contribution is 2.19. The SMILES string of the molecule is CCCCCCCC(=O)Oc1cnc(-c2ccc(CCCCCCC)cc2)nc1. The van der Waals surface area contributed by atoms with E-state index in [9.17, 15) is 4.79 Å². The first kappa shape index (κ1) is 23.1. The Morgan fingerprint density at radius 2 is 1.38 bits per heavy atom.